The van der Waals surface area contributed by atoms with Crippen LogP contribution in [0, 0.1) is 0 Å². The summed E-state index contributed by atoms with van der Waals surface area (Å²) in [5, 5.41) is 18.6. The smallest absolute Gasteiger partial charge is 0.0550 e. The van der Waals surface area contributed by atoms with E-state index in [1.807, 2.05) is 19.1 Å². The lowest BCUT2D eigenvalue weighted by atomic mass is 9.79. The molecular weight excluding hydrogens is 258 g/mol. The number of aliphatic hydroxyl groups excluding tert-OH is 2. The molecule has 0 bridgehead atoms. The Morgan fingerprint density at radius 1 is 1.13 bits per heavy atom. The van der Waals surface area contributed by atoms with Gasteiger partial charge in [0, 0.05) is 11.1 Å². The quantitative estimate of drug-likeness (QED) is 0.730. The van der Waals surface area contributed by atoms with Crippen LogP contribution in [0.5, 0.6) is 0 Å². The average molecular weight is 276 g/mol. The number of nitrogens with two attached hydrogens (primary N) is 1. The van der Waals surface area contributed by atoms with Gasteiger partial charge in [0.15, 0.2) is 0 Å². The van der Waals surface area contributed by atoms with Crippen molar-refractivity contribution in [1.29, 1.82) is 0 Å². The molecule has 0 aliphatic carbocycles. The van der Waals surface area contributed by atoms with E-state index in [0.29, 0.717) is 12.1 Å². The highest BCUT2D eigenvalue weighted by atomic mass is 79.9. The van der Waals surface area contributed by atoms with Crippen molar-refractivity contribution in [2.24, 2.45) is 0 Å². The van der Waals surface area contributed by atoms with Gasteiger partial charge in [0.2, 0.25) is 0 Å². The molecule has 0 aromatic heterocycles. The minimum Gasteiger partial charge on any atom is -0.399 e. The first-order chi connectivity index (χ1) is 6.68. The maximum atomic E-state index is 9.31. The van der Waals surface area contributed by atoms with Gasteiger partial charge in [-0.3, -0.25) is 0 Å². The van der Waals surface area contributed by atoms with Gasteiger partial charge in [0.1, 0.15) is 0 Å². The zero-order valence-electron chi connectivity index (χ0n) is 8.81. The summed E-state index contributed by atoms with van der Waals surface area (Å²) in [5.74, 6) is 0. The van der Waals surface area contributed by atoms with Crippen molar-refractivity contribution < 1.29 is 10.2 Å². The number of halogens is 1. The van der Waals surface area contributed by atoms with E-state index in [4.69, 9.17) is 5.73 Å². The van der Waals surface area contributed by atoms with E-state index in [0.717, 1.165) is 5.56 Å². The van der Waals surface area contributed by atoms with Crippen LogP contribution >= 0.6 is 17.0 Å². The fourth-order valence-electron chi connectivity index (χ4n) is 1.50. The highest BCUT2D eigenvalue weighted by Gasteiger charge is 2.28. The highest BCUT2D eigenvalue weighted by molar-refractivity contribution is 8.93. The molecule has 4 heteroatoms. The predicted octanol–water partition coefficient (Wildman–Crippen LogP) is 1.48. The zero-order chi connectivity index (χ0) is 10.6. The molecule has 86 valence electrons. The van der Waals surface area contributed by atoms with Gasteiger partial charge >= 0.3 is 0 Å². The van der Waals surface area contributed by atoms with E-state index in [9.17, 15) is 10.2 Å². The Hall–Kier alpha value is -0.580. The first kappa shape index (κ1) is 14.4. The summed E-state index contributed by atoms with van der Waals surface area (Å²) in [4.78, 5) is 0. The Balaban J connectivity index is 0.00000196. The topological polar surface area (TPSA) is 66.5 Å². The summed E-state index contributed by atoms with van der Waals surface area (Å²) >= 11 is 0. The number of nitrogen functional groups attached to an aromatic ring is 1. The summed E-state index contributed by atoms with van der Waals surface area (Å²) in [5.41, 5.74) is 6.65. The molecule has 0 amide bonds. The fraction of sp³-hybridized carbons (Fsp3) is 0.455. The van der Waals surface area contributed by atoms with E-state index in [2.05, 4.69) is 0 Å². The van der Waals surface area contributed by atoms with Crippen molar-refractivity contribution in [3.05, 3.63) is 29.8 Å². The van der Waals surface area contributed by atoms with Gasteiger partial charge in [0.25, 0.3) is 0 Å². The van der Waals surface area contributed by atoms with Crippen molar-refractivity contribution in [2.45, 2.75) is 18.8 Å². The Morgan fingerprint density at radius 3 is 1.93 bits per heavy atom. The maximum absolute atomic E-state index is 9.31. The molecule has 0 unspecified atom stereocenters. The average Bonchev–Trinajstić information content (AvgIpc) is 2.24. The van der Waals surface area contributed by atoms with E-state index < -0.39 is 5.41 Å². The maximum Gasteiger partial charge on any atom is 0.0550 e. The number of hydrogen-bond acceptors (Lipinski definition) is 3. The number of rotatable bonds is 4. The molecule has 15 heavy (non-hydrogen) atoms. The molecule has 0 aliphatic rings. The second-order valence-electron chi connectivity index (χ2n) is 3.57. The van der Waals surface area contributed by atoms with Crippen LogP contribution in [-0.2, 0) is 5.41 Å². The van der Waals surface area contributed by atoms with Crippen LogP contribution in [-0.4, -0.2) is 23.4 Å². The van der Waals surface area contributed by atoms with Crippen molar-refractivity contribution in [2.75, 3.05) is 18.9 Å². The van der Waals surface area contributed by atoms with Crippen LogP contribution in [0.3, 0.4) is 0 Å². The molecule has 4 N–H and O–H groups in total. The van der Waals surface area contributed by atoms with E-state index in [-0.39, 0.29) is 30.2 Å². The lowest BCUT2D eigenvalue weighted by molar-refractivity contribution is 0.113. The molecule has 1 rings (SSSR count). The second-order valence-corrected chi connectivity index (χ2v) is 3.57. The van der Waals surface area contributed by atoms with Gasteiger partial charge in [-0.1, -0.05) is 19.1 Å². The highest BCUT2D eigenvalue weighted by Crippen LogP contribution is 2.27. The van der Waals surface area contributed by atoms with Crippen molar-refractivity contribution in [1.82, 2.24) is 0 Å². The Labute approximate surface area is 101 Å². The standard InChI is InChI=1S/C11H17NO2.BrH/c1-2-11(7-13,8-14)9-3-5-10(12)6-4-9;/h3-6,13-14H,2,7-8,12H2,1H3;1H. The minimum atomic E-state index is -0.534. The summed E-state index contributed by atoms with van der Waals surface area (Å²) in [6.07, 6.45) is 0.698. The first-order valence-corrected chi connectivity index (χ1v) is 4.76. The Kier molecular flexibility index (Phi) is 5.87. The summed E-state index contributed by atoms with van der Waals surface area (Å²) in [7, 11) is 0. The number of aliphatic hydroxyl groups is 2. The number of anilines is 1. The molecule has 0 radical (unpaired) electrons. The third kappa shape index (κ3) is 2.93. The molecule has 3 nitrogen and oxygen atoms in total. The zero-order valence-corrected chi connectivity index (χ0v) is 10.5. The first-order valence-electron chi connectivity index (χ1n) is 4.76. The lowest BCUT2D eigenvalue weighted by Crippen LogP contribution is -2.33. The van der Waals surface area contributed by atoms with Crippen LogP contribution in [0.25, 0.3) is 0 Å². The molecule has 0 spiro atoms. The van der Waals surface area contributed by atoms with Crippen LogP contribution in [0.4, 0.5) is 5.69 Å². The normalized spacial score (nSPS) is 10.9. The van der Waals surface area contributed by atoms with Gasteiger partial charge in [-0.05, 0) is 24.1 Å². The summed E-state index contributed by atoms with van der Waals surface area (Å²) in [6.45, 7) is 1.84. The van der Waals surface area contributed by atoms with Crippen LogP contribution in [0.15, 0.2) is 24.3 Å². The molecule has 0 atom stereocenters. The second kappa shape index (κ2) is 6.10. The van der Waals surface area contributed by atoms with Crippen LogP contribution < -0.4 is 5.73 Å². The Morgan fingerprint density at radius 2 is 1.60 bits per heavy atom. The van der Waals surface area contributed by atoms with Gasteiger partial charge in [-0.15, -0.1) is 17.0 Å². The number of hydrogen-bond donors (Lipinski definition) is 3. The number of benzene rings is 1. The summed E-state index contributed by atoms with van der Waals surface area (Å²) < 4.78 is 0. The molecule has 0 aliphatic heterocycles. The van der Waals surface area contributed by atoms with Crippen molar-refractivity contribution in [3.63, 3.8) is 0 Å². The van der Waals surface area contributed by atoms with Gasteiger partial charge < -0.3 is 15.9 Å². The van der Waals surface area contributed by atoms with E-state index >= 15 is 0 Å². The van der Waals surface area contributed by atoms with Gasteiger partial charge in [-0.25, -0.2) is 0 Å². The van der Waals surface area contributed by atoms with Gasteiger partial charge in [0.05, 0.1) is 13.2 Å². The molecule has 1 aromatic carbocycles. The SMILES string of the molecule is Br.CCC(CO)(CO)c1ccc(N)cc1. The van der Waals surface area contributed by atoms with E-state index in [1.165, 1.54) is 0 Å². The minimum absolute atomic E-state index is 0. The third-order valence-corrected chi connectivity index (χ3v) is 2.81. The molecule has 0 fully saturated rings. The molecule has 0 saturated heterocycles. The van der Waals surface area contributed by atoms with Crippen LogP contribution in [0.2, 0.25) is 0 Å². The van der Waals surface area contributed by atoms with Crippen molar-refractivity contribution in [3.8, 4) is 0 Å². The predicted molar refractivity (Wildman–Crippen MR) is 67.3 cm³/mol. The molecule has 1 aromatic rings. The Bertz CT molecular complexity index is 275. The molecule has 0 saturated carbocycles. The summed E-state index contributed by atoms with van der Waals surface area (Å²) in [6, 6.07) is 7.27. The van der Waals surface area contributed by atoms with Gasteiger partial charge in [-0.2, -0.15) is 0 Å². The lowest BCUT2D eigenvalue weighted by Gasteiger charge is -2.28. The van der Waals surface area contributed by atoms with Crippen LogP contribution in [0.1, 0.15) is 18.9 Å². The molecular formula is C11H18BrNO2. The van der Waals surface area contributed by atoms with E-state index in [1.54, 1.807) is 12.1 Å². The monoisotopic (exact) mass is 275 g/mol. The fourth-order valence-corrected chi connectivity index (χ4v) is 1.50. The molecule has 0 heterocycles. The largest absolute Gasteiger partial charge is 0.399 e. The third-order valence-electron chi connectivity index (χ3n) is 2.81. The van der Waals surface area contributed by atoms with Crippen molar-refractivity contribution >= 4 is 22.7 Å².